The molecule has 2 amide bonds. The maximum atomic E-state index is 12.1. The number of rotatable bonds is 4. The van der Waals surface area contributed by atoms with Gasteiger partial charge in [0, 0.05) is 18.7 Å². The highest BCUT2D eigenvalue weighted by Crippen LogP contribution is 2.29. The van der Waals surface area contributed by atoms with Crippen molar-refractivity contribution in [3.05, 3.63) is 34.9 Å². The summed E-state index contributed by atoms with van der Waals surface area (Å²) in [6, 6.07) is 5.37. The lowest BCUT2D eigenvalue weighted by atomic mass is 9.90. The van der Waals surface area contributed by atoms with Crippen molar-refractivity contribution >= 4 is 17.8 Å². The molecule has 124 valence electrons. The third kappa shape index (κ3) is 3.70. The van der Waals surface area contributed by atoms with E-state index >= 15 is 0 Å². The number of likely N-dealkylation sites (tertiary alicyclic amines) is 1. The number of hydrogen-bond acceptors (Lipinski definition) is 3. The number of carboxylic acids is 1. The number of hydrogen-bond donors (Lipinski definition) is 2. The standard InChI is InChI=1S/C17H22N2O4/c1-11-4-5-13(8-12(11)2)15(21)18-9-14(20)19-7-6-17(3,10-19)16(22)23/h4-5,8H,6-7,9-10H2,1-3H3,(H,18,21)(H,22,23). The monoisotopic (exact) mass is 318 g/mol. The highest BCUT2D eigenvalue weighted by atomic mass is 16.4. The highest BCUT2D eigenvalue weighted by molar-refractivity contribution is 5.96. The summed E-state index contributed by atoms with van der Waals surface area (Å²) in [7, 11) is 0. The van der Waals surface area contributed by atoms with E-state index in [-0.39, 0.29) is 24.9 Å². The quantitative estimate of drug-likeness (QED) is 0.877. The van der Waals surface area contributed by atoms with Crippen molar-refractivity contribution in [3.63, 3.8) is 0 Å². The first-order chi connectivity index (χ1) is 10.7. The van der Waals surface area contributed by atoms with E-state index in [9.17, 15) is 19.5 Å². The molecule has 0 aromatic heterocycles. The number of aryl methyl sites for hydroxylation is 2. The average Bonchev–Trinajstić information content (AvgIpc) is 2.91. The van der Waals surface area contributed by atoms with Crippen LogP contribution in [0.15, 0.2) is 18.2 Å². The van der Waals surface area contributed by atoms with Gasteiger partial charge in [-0.3, -0.25) is 14.4 Å². The molecule has 1 unspecified atom stereocenters. The Labute approximate surface area is 135 Å². The summed E-state index contributed by atoms with van der Waals surface area (Å²) >= 11 is 0. The second-order valence-electron chi connectivity index (χ2n) is 6.41. The van der Waals surface area contributed by atoms with Gasteiger partial charge in [-0.05, 0) is 50.5 Å². The smallest absolute Gasteiger partial charge is 0.311 e. The zero-order chi connectivity index (χ0) is 17.2. The van der Waals surface area contributed by atoms with Gasteiger partial charge < -0.3 is 15.3 Å². The van der Waals surface area contributed by atoms with Gasteiger partial charge in [0.1, 0.15) is 0 Å². The van der Waals surface area contributed by atoms with Gasteiger partial charge in [-0.2, -0.15) is 0 Å². The number of nitrogens with one attached hydrogen (secondary N) is 1. The molecule has 2 rings (SSSR count). The second-order valence-corrected chi connectivity index (χ2v) is 6.41. The minimum Gasteiger partial charge on any atom is -0.481 e. The van der Waals surface area contributed by atoms with Crippen LogP contribution in [0.25, 0.3) is 0 Å². The van der Waals surface area contributed by atoms with E-state index in [0.29, 0.717) is 18.5 Å². The fourth-order valence-electron chi connectivity index (χ4n) is 2.60. The SMILES string of the molecule is Cc1ccc(C(=O)NCC(=O)N2CCC(C)(C(=O)O)C2)cc1C. The third-order valence-corrected chi connectivity index (χ3v) is 4.51. The Morgan fingerprint density at radius 3 is 2.52 bits per heavy atom. The van der Waals surface area contributed by atoms with Crippen LogP contribution in [0.4, 0.5) is 0 Å². The fraction of sp³-hybridized carbons (Fsp3) is 0.471. The summed E-state index contributed by atoms with van der Waals surface area (Å²) in [4.78, 5) is 36.9. The second kappa shape index (κ2) is 6.40. The molecule has 6 nitrogen and oxygen atoms in total. The largest absolute Gasteiger partial charge is 0.481 e. The first-order valence-corrected chi connectivity index (χ1v) is 7.59. The molecule has 1 aliphatic heterocycles. The van der Waals surface area contributed by atoms with Crippen LogP contribution in [-0.4, -0.2) is 47.4 Å². The lowest BCUT2D eigenvalue weighted by Crippen LogP contribution is -2.41. The molecule has 0 spiro atoms. The number of nitrogens with zero attached hydrogens (tertiary/aromatic N) is 1. The Morgan fingerprint density at radius 2 is 1.96 bits per heavy atom. The summed E-state index contributed by atoms with van der Waals surface area (Å²) in [5, 5.41) is 11.8. The third-order valence-electron chi connectivity index (χ3n) is 4.51. The van der Waals surface area contributed by atoms with Crippen molar-refractivity contribution in [1.29, 1.82) is 0 Å². The number of carboxylic acid groups (broad SMARTS) is 1. The Balaban J connectivity index is 1.91. The van der Waals surface area contributed by atoms with Crippen molar-refractivity contribution in [2.75, 3.05) is 19.6 Å². The Morgan fingerprint density at radius 1 is 1.26 bits per heavy atom. The summed E-state index contributed by atoms with van der Waals surface area (Å²) in [6.07, 6.45) is 0.430. The molecule has 1 aromatic rings. The lowest BCUT2D eigenvalue weighted by Gasteiger charge is -2.20. The molecule has 23 heavy (non-hydrogen) atoms. The molecule has 0 saturated carbocycles. The van der Waals surface area contributed by atoms with E-state index in [2.05, 4.69) is 5.32 Å². The molecule has 0 aliphatic carbocycles. The topological polar surface area (TPSA) is 86.7 Å². The predicted molar refractivity (Wildman–Crippen MR) is 85.2 cm³/mol. The minimum absolute atomic E-state index is 0.124. The van der Waals surface area contributed by atoms with Crippen LogP contribution < -0.4 is 5.32 Å². The van der Waals surface area contributed by atoms with Crippen LogP contribution in [0.3, 0.4) is 0 Å². The van der Waals surface area contributed by atoms with E-state index in [0.717, 1.165) is 11.1 Å². The summed E-state index contributed by atoms with van der Waals surface area (Å²) in [5.41, 5.74) is 1.73. The van der Waals surface area contributed by atoms with Gasteiger partial charge in [-0.1, -0.05) is 6.07 Å². The molecule has 1 aliphatic rings. The first kappa shape index (κ1) is 17.0. The molecule has 2 N–H and O–H groups in total. The summed E-state index contributed by atoms with van der Waals surface area (Å²) in [6.45, 7) is 5.99. The van der Waals surface area contributed by atoms with Crippen LogP contribution in [0.2, 0.25) is 0 Å². The molecule has 0 bridgehead atoms. The van der Waals surface area contributed by atoms with E-state index in [1.165, 1.54) is 4.90 Å². The van der Waals surface area contributed by atoms with Gasteiger partial charge in [0.15, 0.2) is 0 Å². The fourth-order valence-corrected chi connectivity index (χ4v) is 2.60. The van der Waals surface area contributed by atoms with Crippen molar-refractivity contribution in [1.82, 2.24) is 10.2 Å². The number of aliphatic carboxylic acids is 1. The van der Waals surface area contributed by atoms with Crippen molar-refractivity contribution in [2.24, 2.45) is 5.41 Å². The summed E-state index contributed by atoms with van der Waals surface area (Å²) in [5.74, 6) is -1.46. The molecule has 1 heterocycles. The normalized spacial score (nSPS) is 20.4. The van der Waals surface area contributed by atoms with Crippen molar-refractivity contribution < 1.29 is 19.5 Å². The van der Waals surface area contributed by atoms with Crippen LogP contribution in [0.1, 0.15) is 34.8 Å². The Bertz CT molecular complexity index is 656. The highest BCUT2D eigenvalue weighted by Gasteiger charge is 2.41. The van der Waals surface area contributed by atoms with E-state index in [1.54, 1.807) is 19.1 Å². The predicted octanol–water partition coefficient (Wildman–Crippen LogP) is 1.36. The summed E-state index contributed by atoms with van der Waals surface area (Å²) < 4.78 is 0. The van der Waals surface area contributed by atoms with Crippen LogP contribution >= 0.6 is 0 Å². The zero-order valence-electron chi connectivity index (χ0n) is 13.7. The van der Waals surface area contributed by atoms with E-state index in [4.69, 9.17) is 0 Å². The van der Waals surface area contributed by atoms with Gasteiger partial charge >= 0.3 is 5.97 Å². The average molecular weight is 318 g/mol. The van der Waals surface area contributed by atoms with Gasteiger partial charge in [0.05, 0.1) is 12.0 Å². The number of benzene rings is 1. The number of amides is 2. The Hall–Kier alpha value is -2.37. The minimum atomic E-state index is -0.896. The van der Waals surface area contributed by atoms with Gasteiger partial charge in [0.2, 0.25) is 5.91 Å². The molecular weight excluding hydrogens is 296 g/mol. The molecule has 1 atom stereocenters. The van der Waals surface area contributed by atoms with Gasteiger partial charge in [0.25, 0.3) is 5.91 Å². The molecule has 0 radical (unpaired) electrons. The molecule has 1 aromatic carbocycles. The van der Waals surface area contributed by atoms with Crippen LogP contribution in [-0.2, 0) is 9.59 Å². The van der Waals surface area contributed by atoms with Crippen LogP contribution in [0.5, 0.6) is 0 Å². The number of carbonyl (C=O) groups is 3. The maximum absolute atomic E-state index is 12.1. The maximum Gasteiger partial charge on any atom is 0.311 e. The molecule has 1 saturated heterocycles. The van der Waals surface area contributed by atoms with E-state index in [1.807, 2.05) is 19.9 Å². The van der Waals surface area contributed by atoms with Crippen molar-refractivity contribution in [3.8, 4) is 0 Å². The molecule has 6 heteroatoms. The number of carbonyl (C=O) groups excluding carboxylic acids is 2. The molecule has 1 fully saturated rings. The Kier molecular flexibility index (Phi) is 4.73. The lowest BCUT2D eigenvalue weighted by molar-refractivity contribution is -0.147. The molecular formula is C17H22N2O4. The zero-order valence-corrected chi connectivity index (χ0v) is 13.7. The van der Waals surface area contributed by atoms with Gasteiger partial charge in [-0.15, -0.1) is 0 Å². The van der Waals surface area contributed by atoms with Crippen molar-refractivity contribution in [2.45, 2.75) is 27.2 Å². The van der Waals surface area contributed by atoms with E-state index < -0.39 is 11.4 Å². The van der Waals surface area contributed by atoms with Gasteiger partial charge in [-0.25, -0.2) is 0 Å². The van der Waals surface area contributed by atoms with Crippen LogP contribution in [0, 0.1) is 19.3 Å². The first-order valence-electron chi connectivity index (χ1n) is 7.59.